The van der Waals surface area contributed by atoms with Gasteiger partial charge in [0.15, 0.2) is 0 Å². The summed E-state index contributed by atoms with van der Waals surface area (Å²) in [5.74, 6) is 0.708. The molecule has 0 radical (unpaired) electrons. The maximum atomic E-state index is 8.23. The van der Waals surface area contributed by atoms with Crippen LogP contribution in [0.4, 0.5) is 0 Å². The molecule has 4 N–H and O–H groups in total. The molecular formula is C7H18N2O3. The van der Waals surface area contributed by atoms with Gasteiger partial charge in [0.25, 0.3) is 0 Å². The van der Waals surface area contributed by atoms with Crippen LogP contribution in [0.25, 0.3) is 0 Å². The summed E-state index contributed by atoms with van der Waals surface area (Å²) in [7, 11) is 0. The zero-order valence-electron chi connectivity index (χ0n) is 7.60. The predicted octanol–water partition coefficient (Wildman–Crippen LogP) is 0.619. The van der Waals surface area contributed by atoms with Gasteiger partial charge in [-0.1, -0.05) is 13.8 Å². The normalized spacial score (nSPS) is 16.5. The molecule has 0 spiro atoms. The van der Waals surface area contributed by atoms with E-state index in [1.54, 1.807) is 0 Å². The SMILES string of the molecule is CC(CN)CC(C)CON(O)O. The average Bonchev–Trinajstić information content (AvgIpc) is 2.00. The average molecular weight is 178 g/mol. The summed E-state index contributed by atoms with van der Waals surface area (Å²) in [5.41, 5.74) is 5.43. The fourth-order valence-corrected chi connectivity index (χ4v) is 1.05. The van der Waals surface area contributed by atoms with Gasteiger partial charge in [-0.2, -0.15) is 0 Å². The smallest absolute Gasteiger partial charge is 0.0761 e. The van der Waals surface area contributed by atoms with Crippen LogP contribution in [0.15, 0.2) is 0 Å². The molecule has 0 fully saturated rings. The van der Waals surface area contributed by atoms with Crippen LogP contribution in [-0.2, 0) is 4.84 Å². The Bertz CT molecular complexity index is 111. The van der Waals surface area contributed by atoms with E-state index in [-0.39, 0.29) is 17.9 Å². The number of hydrogen-bond acceptors (Lipinski definition) is 5. The summed E-state index contributed by atoms with van der Waals surface area (Å²) in [6.45, 7) is 4.95. The molecule has 0 aliphatic heterocycles. The number of nitrogens with two attached hydrogens (primary N) is 1. The summed E-state index contributed by atoms with van der Waals surface area (Å²) >= 11 is 0. The van der Waals surface area contributed by atoms with Gasteiger partial charge in [-0.05, 0) is 24.8 Å². The standard InChI is InChI=1S/C7H18N2O3/c1-6(4-8)3-7(2)5-12-9(10)11/h6-7,10-11H,3-5,8H2,1-2H3. The first-order valence-corrected chi connectivity index (χ1v) is 4.07. The van der Waals surface area contributed by atoms with Crippen LogP contribution < -0.4 is 5.73 Å². The first-order valence-electron chi connectivity index (χ1n) is 4.07. The van der Waals surface area contributed by atoms with E-state index in [1.165, 1.54) is 0 Å². The molecule has 0 bridgehead atoms. The monoisotopic (exact) mass is 178 g/mol. The van der Waals surface area contributed by atoms with E-state index in [2.05, 4.69) is 4.84 Å². The zero-order valence-corrected chi connectivity index (χ0v) is 7.60. The van der Waals surface area contributed by atoms with Crippen LogP contribution >= 0.6 is 0 Å². The Morgan fingerprint density at radius 1 is 1.33 bits per heavy atom. The predicted molar refractivity (Wildman–Crippen MR) is 43.4 cm³/mol. The molecule has 12 heavy (non-hydrogen) atoms. The molecule has 5 heteroatoms. The molecule has 2 atom stereocenters. The van der Waals surface area contributed by atoms with Gasteiger partial charge in [0.2, 0.25) is 0 Å². The Morgan fingerprint density at radius 3 is 2.33 bits per heavy atom. The number of rotatable bonds is 6. The van der Waals surface area contributed by atoms with Crippen molar-refractivity contribution in [2.24, 2.45) is 17.6 Å². The fourth-order valence-electron chi connectivity index (χ4n) is 1.05. The van der Waals surface area contributed by atoms with Crippen molar-refractivity contribution in [1.82, 2.24) is 5.39 Å². The van der Waals surface area contributed by atoms with Gasteiger partial charge in [-0.3, -0.25) is 15.3 Å². The van der Waals surface area contributed by atoms with Crippen molar-refractivity contribution in [2.45, 2.75) is 20.3 Å². The Labute approximate surface area is 72.6 Å². The van der Waals surface area contributed by atoms with E-state index in [0.29, 0.717) is 12.5 Å². The van der Waals surface area contributed by atoms with Gasteiger partial charge in [0.05, 0.1) is 12.0 Å². The van der Waals surface area contributed by atoms with E-state index in [1.807, 2.05) is 13.8 Å². The fraction of sp³-hybridized carbons (Fsp3) is 1.00. The highest BCUT2D eigenvalue weighted by molar-refractivity contribution is 4.58. The lowest BCUT2D eigenvalue weighted by molar-refractivity contribution is -0.494. The topological polar surface area (TPSA) is 79.0 Å². The van der Waals surface area contributed by atoms with Crippen LogP contribution in [0.3, 0.4) is 0 Å². The van der Waals surface area contributed by atoms with Crippen molar-refractivity contribution >= 4 is 0 Å². The third kappa shape index (κ3) is 6.51. The Kier molecular flexibility index (Phi) is 6.23. The van der Waals surface area contributed by atoms with Gasteiger partial charge in [-0.15, -0.1) is 0 Å². The second kappa shape index (κ2) is 6.33. The Balaban J connectivity index is 3.39. The molecule has 2 unspecified atom stereocenters. The van der Waals surface area contributed by atoms with Crippen molar-refractivity contribution in [3.8, 4) is 0 Å². The summed E-state index contributed by atoms with van der Waals surface area (Å²) in [5, 5.41) is 16.2. The van der Waals surface area contributed by atoms with Crippen LogP contribution in [0, 0.1) is 11.8 Å². The second-order valence-corrected chi connectivity index (χ2v) is 3.23. The summed E-state index contributed by atoms with van der Waals surface area (Å²) in [4.78, 5) is 4.45. The van der Waals surface area contributed by atoms with E-state index in [4.69, 9.17) is 16.1 Å². The lowest BCUT2D eigenvalue weighted by Gasteiger charge is -2.16. The lowest BCUT2D eigenvalue weighted by Crippen LogP contribution is -2.21. The molecule has 0 rings (SSSR count). The lowest BCUT2D eigenvalue weighted by atomic mass is 9.98. The quantitative estimate of drug-likeness (QED) is 0.520. The zero-order chi connectivity index (χ0) is 9.56. The minimum absolute atomic E-state index is 0.260. The van der Waals surface area contributed by atoms with Crippen molar-refractivity contribution < 1.29 is 15.3 Å². The second-order valence-electron chi connectivity index (χ2n) is 3.23. The molecule has 5 nitrogen and oxygen atoms in total. The molecule has 0 heterocycles. The minimum Gasteiger partial charge on any atom is -0.330 e. The van der Waals surface area contributed by atoms with Crippen LogP contribution in [0.5, 0.6) is 0 Å². The molecular weight excluding hydrogens is 160 g/mol. The maximum absolute atomic E-state index is 8.23. The van der Waals surface area contributed by atoms with E-state index in [0.717, 1.165) is 6.42 Å². The largest absolute Gasteiger partial charge is 0.330 e. The summed E-state index contributed by atoms with van der Waals surface area (Å²) < 4.78 is 0. The minimum atomic E-state index is -0.260. The summed E-state index contributed by atoms with van der Waals surface area (Å²) in [6, 6.07) is 0. The van der Waals surface area contributed by atoms with E-state index < -0.39 is 0 Å². The van der Waals surface area contributed by atoms with E-state index >= 15 is 0 Å². The van der Waals surface area contributed by atoms with Gasteiger partial charge in [0.1, 0.15) is 0 Å². The third-order valence-corrected chi connectivity index (χ3v) is 1.68. The molecule has 0 amide bonds. The van der Waals surface area contributed by atoms with Crippen molar-refractivity contribution in [2.75, 3.05) is 13.2 Å². The Morgan fingerprint density at radius 2 is 1.92 bits per heavy atom. The van der Waals surface area contributed by atoms with Crippen molar-refractivity contribution in [1.29, 1.82) is 0 Å². The molecule has 0 aliphatic rings. The molecule has 74 valence electrons. The third-order valence-electron chi connectivity index (χ3n) is 1.68. The highest BCUT2D eigenvalue weighted by Gasteiger charge is 2.08. The van der Waals surface area contributed by atoms with Gasteiger partial charge < -0.3 is 5.73 Å². The van der Waals surface area contributed by atoms with Gasteiger partial charge >= 0.3 is 0 Å². The molecule has 0 aromatic carbocycles. The molecule has 0 saturated heterocycles. The summed E-state index contributed by atoms with van der Waals surface area (Å²) in [6.07, 6.45) is 0.921. The maximum Gasteiger partial charge on any atom is 0.0761 e. The van der Waals surface area contributed by atoms with Gasteiger partial charge in [-0.25, -0.2) is 0 Å². The molecule has 0 aromatic rings. The number of nitrogens with zero attached hydrogens (tertiary/aromatic N) is 1. The van der Waals surface area contributed by atoms with Crippen molar-refractivity contribution in [3.63, 3.8) is 0 Å². The van der Waals surface area contributed by atoms with Crippen LogP contribution in [0.2, 0.25) is 0 Å². The van der Waals surface area contributed by atoms with Gasteiger partial charge in [0, 0.05) is 0 Å². The van der Waals surface area contributed by atoms with E-state index in [9.17, 15) is 0 Å². The first-order chi connectivity index (χ1) is 5.56. The van der Waals surface area contributed by atoms with Crippen LogP contribution in [-0.4, -0.2) is 29.0 Å². The Hall–Kier alpha value is -0.200. The highest BCUT2D eigenvalue weighted by Crippen LogP contribution is 2.10. The molecule has 0 aromatic heterocycles. The van der Waals surface area contributed by atoms with Crippen LogP contribution in [0.1, 0.15) is 20.3 Å². The molecule has 0 aliphatic carbocycles. The van der Waals surface area contributed by atoms with Crippen molar-refractivity contribution in [3.05, 3.63) is 0 Å². The number of hydrogen-bond donors (Lipinski definition) is 3. The first kappa shape index (κ1) is 11.8. The molecule has 0 saturated carbocycles. The highest BCUT2D eigenvalue weighted by atomic mass is 17.1.